The molecular weight excluding hydrogens is 737 g/mol. The highest BCUT2D eigenvalue weighted by atomic mass is 32.1. The lowest BCUT2D eigenvalue weighted by molar-refractivity contribution is 0.666. The first-order valence-corrected chi connectivity index (χ1v) is 21.0. The fourth-order valence-corrected chi connectivity index (χ4v) is 9.64. The standard InChI is InChI=1S/C17H12.2C13H10O.C13H10S/c1-11-5-6-14-8-7-12-3-2-4-13-9-10-15(11)17(14)16(12)13;1-9-5-4-7-11-10-6-2-3-8-12(10)14-13(9)11;2*1-9-6-7-11-10-4-2-3-5-12(10)14-13(11)8-9/h2-10H,1H3;3*2-8H,1H3. The summed E-state index contributed by atoms with van der Waals surface area (Å²) < 4.78 is 14.3. The van der Waals surface area contributed by atoms with Crippen LogP contribution in [0.4, 0.5) is 0 Å². The number of furan rings is 2. The van der Waals surface area contributed by atoms with Gasteiger partial charge in [-0.15, -0.1) is 11.3 Å². The van der Waals surface area contributed by atoms with Crippen molar-refractivity contribution in [3.05, 3.63) is 204 Å². The summed E-state index contributed by atoms with van der Waals surface area (Å²) in [5.41, 5.74) is 9.04. The Morgan fingerprint density at radius 3 is 1.63 bits per heavy atom. The van der Waals surface area contributed by atoms with Crippen molar-refractivity contribution >= 4 is 108 Å². The van der Waals surface area contributed by atoms with E-state index in [0.717, 1.165) is 22.3 Å². The summed E-state index contributed by atoms with van der Waals surface area (Å²) in [5, 5.41) is 15.8. The normalized spacial score (nSPS) is 11.4. The molecule has 3 heterocycles. The Kier molecular flexibility index (Phi) is 9.32. The zero-order chi connectivity index (χ0) is 40.0. The molecule has 0 fully saturated rings. The van der Waals surface area contributed by atoms with Crippen LogP contribution in [-0.4, -0.2) is 0 Å². The van der Waals surface area contributed by atoms with E-state index in [-0.39, 0.29) is 0 Å². The largest absolute Gasteiger partial charge is 0.456 e. The second-order valence-electron chi connectivity index (χ2n) is 15.5. The minimum atomic E-state index is 0.966. The third-order valence-corrected chi connectivity index (χ3v) is 12.5. The average molecular weight is 779 g/mol. The minimum absolute atomic E-state index is 0.966. The number of rotatable bonds is 0. The highest BCUT2D eigenvalue weighted by Gasteiger charge is 2.10. The zero-order valence-electron chi connectivity index (χ0n) is 33.5. The molecule has 0 amide bonds. The van der Waals surface area contributed by atoms with E-state index in [4.69, 9.17) is 8.83 Å². The van der Waals surface area contributed by atoms with Crippen LogP contribution in [0.25, 0.3) is 96.4 Å². The molecule has 0 aliphatic rings. The molecule has 0 saturated heterocycles. The fourth-order valence-electron chi connectivity index (χ4n) is 8.44. The van der Waals surface area contributed by atoms with Gasteiger partial charge in [0.2, 0.25) is 0 Å². The van der Waals surface area contributed by atoms with Gasteiger partial charge in [0.1, 0.15) is 22.3 Å². The number of hydrogen-bond donors (Lipinski definition) is 0. The molecule has 0 aliphatic heterocycles. The van der Waals surface area contributed by atoms with Crippen LogP contribution < -0.4 is 0 Å². The van der Waals surface area contributed by atoms with Gasteiger partial charge in [-0.1, -0.05) is 152 Å². The van der Waals surface area contributed by atoms with E-state index in [1.807, 2.05) is 47.7 Å². The van der Waals surface area contributed by atoms with Crippen LogP contribution in [0.5, 0.6) is 0 Å². The quantitative estimate of drug-likeness (QED) is 0.143. The Morgan fingerprint density at radius 1 is 0.322 bits per heavy atom. The monoisotopic (exact) mass is 778 g/mol. The number of para-hydroxylation sites is 3. The SMILES string of the molecule is Cc1ccc2c(c1)oc1ccccc12.Cc1ccc2c(c1)sc1ccccc12.Cc1ccc2ccc3cccc4ccc1c2c34.Cc1cccc2c1oc1ccccc12. The van der Waals surface area contributed by atoms with E-state index < -0.39 is 0 Å². The van der Waals surface area contributed by atoms with Crippen LogP contribution in [0.2, 0.25) is 0 Å². The molecule has 13 rings (SSSR count). The Morgan fingerprint density at radius 2 is 0.847 bits per heavy atom. The maximum absolute atomic E-state index is 5.78. The van der Waals surface area contributed by atoms with Crippen LogP contribution in [0, 0.1) is 27.7 Å². The summed E-state index contributed by atoms with van der Waals surface area (Å²) in [6.07, 6.45) is 0. The topological polar surface area (TPSA) is 26.3 Å². The third-order valence-electron chi connectivity index (χ3n) is 11.4. The Bertz CT molecular complexity index is 3490. The van der Waals surface area contributed by atoms with Gasteiger partial charge in [-0.3, -0.25) is 0 Å². The lowest BCUT2D eigenvalue weighted by Gasteiger charge is -2.11. The molecule has 0 radical (unpaired) electrons. The molecular formula is C56H42O2S. The molecule has 0 spiro atoms. The van der Waals surface area contributed by atoms with E-state index in [1.54, 1.807) is 0 Å². The van der Waals surface area contributed by atoms with Gasteiger partial charge in [0.15, 0.2) is 0 Å². The van der Waals surface area contributed by atoms with Crippen molar-refractivity contribution in [1.82, 2.24) is 0 Å². The van der Waals surface area contributed by atoms with Crippen LogP contribution >= 0.6 is 11.3 Å². The van der Waals surface area contributed by atoms with E-state index in [1.165, 1.54) is 96.3 Å². The number of fused-ring (bicyclic) bond motifs is 9. The lowest BCUT2D eigenvalue weighted by atomic mass is 9.92. The fraction of sp³-hybridized carbons (Fsp3) is 0.0714. The smallest absolute Gasteiger partial charge is 0.138 e. The molecule has 0 unspecified atom stereocenters. The summed E-state index contributed by atoms with van der Waals surface area (Å²) in [4.78, 5) is 0. The first-order valence-electron chi connectivity index (χ1n) is 20.2. The highest BCUT2D eigenvalue weighted by Crippen LogP contribution is 2.36. The molecule has 2 nitrogen and oxygen atoms in total. The van der Waals surface area contributed by atoms with Crippen molar-refractivity contribution in [1.29, 1.82) is 0 Å². The second kappa shape index (κ2) is 15.1. The molecule has 3 aromatic heterocycles. The van der Waals surface area contributed by atoms with Gasteiger partial charge in [-0.05, 0) is 113 Å². The predicted molar refractivity (Wildman–Crippen MR) is 256 cm³/mol. The summed E-state index contributed by atoms with van der Waals surface area (Å²) in [6, 6.07) is 64.0. The highest BCUT2D eigenvalue weighted by molar-refractivity contribution is 7.25. The molecule has 3 heteroatoms. The van der Waals surface area contributed by atoms with E-state index >= 15 is 0 Å². The Hall–Kier alpha value is -6.94. The summed E-state index contributed by atoms with van der Waals surface area (Å²) >= 11 is 1.88. The second-order valence-corrected chi connectivity index (χ2v) is 16.6. The molecule has 0 N–H and O–H groups in total. The van der Waals surface area contributed by atoms with E-state index in [2.05, 4.69) is 173 Å². The Labute approximate surface area is 346 Å². The van der Waals surface area contributed by atoms with Gasteiger partial charge in [0, 0.05) is 41.7 Å². The van der Waals surface area contributed by atoms with Crippen LogP contribution in [-0.2, 0) is 0 Å². The molecule has 0 atom stereocenters. The summed E-state index contributed by atoms with van der Waals surface area (Å²) in [5.74, 6) is 0. The average Bonchev–Trinajstić information content (AvgIpc) is 3.95. The van der Waals surface area contributed by atoms with E-state index in [0.29, 0.717) is 0 Å². The molecule has 13 aromatic rings. The summed E-state index contributed by atoms with van der Waals surface area (Å²) in [7, 11) is 0. The maximum atomic E-state index is 5.78. The lowest BCUT2D eigenvalue weighted by Crippen LogP contribution is -1.85. The number of benzene rings is 10. The maximum Gasteiger partial charge on any atom is 0.138 e. The number of aryl methyl sites for hydroxylation is 4. The summed E-state index contributed by atoms with van der Waals surface area (Å²) in [6.45, 7) is 8.48. The van der Waals surface area contributed by atoms with Crippen LogP contribution in [0.15, 0.2) is 191 Å². The first-order chi connectivity index (χ1) is 28.9. The van der Waals surface area contributed by atoms with Gasteiger partial charge >= 0.3 is 0 Å². The molecule has 0 aliphatic carbocycles. The van der Waals surface area contributed by atoms with E-state index in [9.17, 15) is 0 Å². The number of thiophene rings is 1. The van der Waals surface area contributed by atoms with Crippen LogP contribution in [0.1, 0.15) is 22.3 Å². The van der Waals surface area contributed by atoms with Crippen LogP contribution in [0.3, 0.4) is 0 Å². The zero-order valence-corrected chi connectivity index (χ0v) is 34.4. The van der Waals surface area contributed by atoms with Gasteiger partial charge in [0.05, 0.1) is 0 Å². The van der Waals surface area contributed by atoms with Crippen molar-refractivity contribution < 1.29 is 8.83 Å². The van der Waals surface area contributed by atoms with Gasteiger partial charge in [-0.25, -0.2) is 0 Å². The third kappa shape index (κ3) is 6.74. The van der Waals surface area contributed by atoms with Gasteiger partial charge < -0.3 is 8.83 Å². The number of hydrogen-bond acceptors (Lipinski definition) is 3. The minimum Gasteiger partial charge on any atom is -0.456 e. The molecule has 0 saturated carbocycles. The first kappa shape index (κ1) is 36.4. The van der Waals surface area contributed by atoms with Crippen molar-refractivity contribution in [3.63, 3.8) is 0 Å². The molecule has 10 aromatic carbocycles. The predicted octanol–water partition coefficient (Wildman–Crippen LogP) is 17.0. The Balaban J connectivity index is 0.0000000954. The van der Waals surface area contributed by atoms with Gasteiger partial charge in [0.25, 0.3) is 0 Å². The molecule has 0 bridgehead atoms. The van der Waals surface area contributed by atoms with Crippen molar-refractivity contribution in [2.45, 2.75) is 27.7 Å². The van der Waals surface area contributed by atoms with Gasteiger partial charge in [-0.2, -0.15) is 0 Å². The van der Waals surface area contributed by atoms with Crippen molar-refractivity contribution in [2.75, 3.05) is 0 Å². The molecule has 284 valence electrons. The van der Waals surface area contributed by atoms with Crippen molar-refractivity contribution in [3.8, 4) is 0 Å². The van der Waals surface area contributed by atoms with Crippen molar-refractivity contribution in [2.24, 2.45) is 0 Å². The molecule has 59 heavy (non-hydrogen) atoms.